The molecule has 2 N–H and O–H groups in total. The summed E-state index contributed by atoms with van der Waals surface area (Å²) in [6, 6.07) is 0.687. The summed E-state index contributed by atoms with van der Waals surface area (Å²) in [5.74, 6) is 1.04. The number of hydrogen-bond donors (Lipinski definition) is 1. The second kappa shape index (κ2) is 5.39. The molecule has 0 amide bonds. The zero-order chi connectivity index (χ0) is 15.2. The molecule has 118 valence electrons. The van der Waals surface area contributed by atoms with E-state index in [0.717, 1.165) is 13.1 Å². The highest BCUT2D eigenvalue weighted by molar-refractivity contribution is 7.89. The van der Waals surface area contributed by atoms with Crippen molar-refractivity contribution in [2.75, 3.05) is 26.2 Å². The predicted octanol–water partition coefficient (Wildman–Crippen LogP) is 0.824. The van der Waals surface area contributed by atoms with Crippen LogP contribution in [0, 0.1) is 13.8 Å². The summed E-state index contributed by atoms with van der Waals surface area (Å²) in [5.41, 5.74) is 6.32. The maximum atomic E-state index is 12.9. The van der Waals surface area contributed by atoms with Gasteiger partial charge in [-0.25, -0.2) is 8.42 Å². The van der Waals surface area contributed by atoms with Crippen LogP contribution in [0.1, 0.15) is 29.9 Å². The molecule has 3 rings (SSSR count). The minimum Gasteiger partial charge on any atom is -0.465 e. The molecule has 0 radical (unpaired) electrons. The Labute approximate surface area is 125 Å². The summed E-state index contributed by atoms with van der Waals surface area (Å²) in [6.45, 7) is 6.37. The fourth-order valence-electron chi connectivity index (χ4n) is 3.16. The van der Waals surface area contributed by atoms with Crippen molar-refractivity contribution in [3.63, 3.8) is 0 Å². The van der Waals surface area contributed by atoms with Crippen LogP contribution in [0.5, 0.6) is 0 Å². The maximum absolute atomic E-state index is 12.9. The lowest BCUT2D eigenvalue weighted by Crippen LogP contribution is -2.49. The van der Waals surface area contributed by atoms with Crippen LogP contribution in [0.15, 0.2) is 9.31 Å². The lowest BCUT2D eigenvalue weighted by atomic mass is 10.2. The lowest BCUT2D eigenvalue weighted by molar-refractivity contribution is 0.180. The fourth-order valence-corrected chi connectivity index (χ4v) is 5.01. The van der Waals surface area contributed by atoms with Crippen LogP contribution in [0.25, 0.3) is 0 Å². The van der Waals surface area contributed by atoms with E-state index in [4.69, 9.17) is 10.2 Å². The first kappa shape index (κ1) is 15.0. The summed E-state index contributed by atoms with van der Waals surface area (Å²) in [5, 5.41) is 0. The number of piperazine rings is 1. The molecule has 1 aromatic rings. The van der Waals surface area contributed by atoms with Crippen LogP contribution < -0.4 is 5.73 Å². The molecule has 1 aliphatic heterocycles. The van der Waals surface area contributed by atoms with E-state index >= 15 is 0 Å². The van der Waals surface area contributed by atoms with Crippen LogP contribution in [0.3, 0.4) is 0 Å². The molecule has 6 nitrogen and oxygen atoms in total. The Kier molecular flexibility index (Phi) is 3.85. The van der Waals surface area contributed by atoms with Gasteiger partial charge in [0.1, 0.15) is 16.4 Å². The van der Waals surface area contributed by atoms with Gasteiger partial charge >= 0.3 is 0 Å². The minimum atomic E-state index is -3.51. The third kappa shape index (κ3) is 2.63. The molecule has 2 heterocycles. The number of nitrogens with two attached hydrogens (primary N) is 1. The Bertz CT molecular complexity index is 626. The van der Waals surface area contributed by atoms with Crippen LogP contribution >= 0.6 is 0 Å². The quantitative estimate of drug-likeness (QED) is 0.890. The first-order chi connectivity index (χ1) is 9.95. The summed E-state index contributed by atoms with van der Waals surface area (Å²) in [7, 11) is -3.51. The molecular formula is C14H23N3O3S. The van der Waals surface area contributed by atoms with Gasteiger partial charge in [-0.05, 0) is 26.7 Å². The third-order valence-corrected chi connectivity index (χ3v) is 6.56. The first-order valence-corrected chi connectivity index (χ1v) is 8.92. The van der Waals surface area contributed by atoms with E-state index < -0.39 is 10.0 Å². The highest BCUT2D eigenvalue weighted by Gasteiger charge is 2.37. The topological polar surface area (TPSA) is 79.8 Å². The van der Waals surface area contributed by atoms with Crippen molar-refractivity contribution in [1.29, 1.82) is 0 Å². The molecule has 0 spiro atoms. The van der Waals surface area contributed by atoms with Crippen LogP contribution in [-0.4, -0.2) is 49.8 Å². The van der Waals surface area contributed by atoms with Crippen molar-refractivity contribution >= 4 is 10.0 Å². The molecule has 1 aliphatic carbocycles. The number of hydrogen-bond acceptors (Lipinski definition) is 5. The van der Waals surface area contributed by atoms with Gasteiger partial charge in [0.2, 0.25) is 10.0 Å². The Hall–Kier alpha value is -0.890. The number of rotatable bonds is 4. The SMILES string of the molecule is Cc1oc(C)c(S(=O)(=O)N2CCN(C3CC3)CC2)c1CN. The van der Waals surface area contributed by atoms with Crippen LogP contribution in [0.2, 0.25) is 0 Å². The van der Waals surface area contributed by atoms with Crippen molar-refractivity contribution in [1.82, 2.24) is 9.21 Å². The normalized spacial score (nSPS) is 21.9. The van der Waals surface area contributed by atoms with Crippen LogP contribution in [-0.2, 0) is 16.6 Å². The average Bonchev–Trinajstić information content (AvgIpc) is 3.24. The molecule has 21 heavy (non-hydrogen) atoms. The molecule has 1 aromatic heterocycles. The van der Waals surface area contributed by atoms with Crippen LogP contribution in [0.4, 0.5) is 0 Å². The van der Waals surface area contributed by atoms with E-state index in [1.165, 1.54) is 12.8 Å². The number of nitrogens with zero attached hydrogens (tertiary/aromatic N) is 2. The zero-order valence-corrected chi connectivity index (χ0v) is 13.4. The van der Waals surface area contributed by atoms with Crippen molar-refractivity contribution < 1.29 is 12.8 Å². The molecule has 0 bridgehead atoms. The fraction of sp³-hybridized carbons (Fsp3) is 0.714. The molecule has 0 atom stereocenters. The Morgan fingerprint density at radius 1 is 1.14 bits per heavy atom. The monoisotopic (exact) mass is 313 g/mol. The minimum absolute atomic E-state index is 0.180. The van der Waals surface area contributed by atoms with Crippen molar-refractivity contribution in [2.45, 2.75) is 44.2 Å². The van der Waals surface area contributed by atoms with E-state index in [0.29, 0.717) is 36.2 Å². The molecule has 0 unspecified atom stereocenters. The lowest BCUT2D eigenvalue weighted by Gasteiger charge is -2.34. The van der Waals surface area contributed by atoms with Gasteiger partial charge in [0, 0.05) is 44.3 Å². The number of sulfonamides is 1. The maximum Gasteiger partial charge on any atom is 0.246 e. The summed E-state index contributed by atoms with van der Waals surface area (Å²) in [4.78, 5) is 2.67. The predicted molar refractivity (Wildman–Crippen MR) is 79.4 cm³/mol. The van der Waals surface area contributed by atoms with Gasteiger partial charge in [-0.3, -0.25) is 4.90 Å². The smallest absolute Gasteiger partial charge is 0.246 e. The Morgan fingerprint density at radius 3 is 2.29 bits per heavy atom. The molecule has 2 fully saturated rings. The average molecular weight is 313 g/mol. The zero-order valence-electron chi connectivity index (χ0n) is 12.6. The van der Waals surface area contributed by atoms with Gasteiger partial charge in [0.05, 0.1) is 0 Å². The number of furan rings is 1. The van der Waals surface area contributed by atoms with Gasteiger partial charge < -0.3 is 10.2 Å². The van der Waals surface area contributed by atoms with E-state index in [-0.39, 0.29) is 11.4 Å². The first-order valence-electron chi connectivity index (χ1n) is 7.48. The van der Waals surface area contributed by atoms with E-state index in [1.54, 1.807) is 18.2 Å². The summed E-state index contributed by atoms with van der Waals surface area (Å²) in [6.07, 6.45) is 2.51. The molecule has 0 aromatic carbocycles. The number of aryl methyl sites for hydroxylation is 2. The molecule has 1 saturated carbocycles. The standard InChI is InChI=1S/C14H23N3O3S/c1-10-13(9-15)14(11(2)20-10)21(18,19)17-7-5-16(6-8-17)12-3-4-12/h12H,3-9,15H2,1-2H3. The second-order valence-electron chi connectivity index (χ2n) is 5.90. The largest absolute Gasteiger partial charge is 0.465 e. The van der Waals surface area contributed by atoms with Crippen molar-refractivity contribution in [3.8, 4) is 0 Å². The molecule has 2 aliphatic rings. The molecule has 1 saturated heterocycles. The highest BCUT2D eigenvalue weighted by atomic mass is 32.2. The van der Waals surface area contributed by atoms with Gasteiger partial charge in [-0.2, -0.15) is 4.31 Å². The van der Waals surface area contributed by atoms with Crippen molar-refractivity contribution in [3.05, 3.63) is 17.1 Å². The second-order valence-corrected chi connectivity index (χ2v) is 7.77. The van der Waals surface area contributed by atoms with Crippen molar-refractivity contribution in [2.24, 2.45) is 5.73 Å². The molecular weight excluding hydrogens is 290 g/mol. The Balaban J connectivity index is 1.84. The van der Waals surface area contributed by atoms with E-state index in [1.807, 2.05) is 0 Å². The summed E-state index contributed by atoms with van der Waals surface area (Å²) < 4.78 is 32.8. The van der Waals surface area contributed by atoms with Gasteiger partial charge in [-0.1, -0.05) is 0 Å². The summed E-state index contributed by atoms with van der Waals surface area (Å²) >= 11 is 0. The Morgan fingerprint density at radius 2 is 1.76 bits per heavy atom. The van der Waals surface area contributed by atoms with E-state index in [2.05, 4.69) is 4.90 Å². The highest BCUT2D eigenvalue weighted by Crippen LogP contribution is 2.31. The van der Waals surface area contributed by atoms with Gasteiger partial charge in [-0.15, -0.1) is 0 Å². The molecule has 7 heteroatoms. The van der Waals surface area contributed by atoms with E-state index in [9.17, 15) is 8.42 Å². The van der Waals surface area contributed by atoms with Gasteiger partial charge in [0.15, 0.2) is 0 Å². The third-order valence-electron chi connectivity index (χ3n) is 4.46. The van der Waals surface area contributed by atoms with Gasteiger partial charge in [0.25, 0.3) is 0 Å².